The minimum absolute atomic E-state index is 0.104. The topological polar surface area (TPSA) is 73.1 Å². The molecular formula is C19H21FN4O2S. The predicted molar refractivity (Wildman–Crippen MR) is 101 cm³/mol. The number of rotatable bonds is 8. The molecule has 0 aliphatic rings. The molecule has 142 valence electrons. The van der Waals surface area contributed by atoms with Gasteiger partial charge in [-0.1, -0.05) is 42.1 Å². The van der Waals surface area contributed by atoms with E-state index >= 15 is 0 Å². The maximum absolute atomic E-state index is 13.5. The number of thioether (sulfide) groups is 1. The van der Waals surface area contributed by atoms with Crippen LogP contribution >= 0.6 is 11.8 Å². The minimum Gasteiger partial charge on any atom is -0.390 e. The fourth-order valence-corrected chi connectivity index (χ4v) is 3.30. The van der Waals surface area contributed by atoms with E-state index in [0.717, 1.165) is 16.8 Å². The van der Waals surface area contributed by atoms with Gasteiger partial charge in [-0.05, 0) is 47.5 Å². The van der Waals surface area contributed by atoms with Gasteiger partial charge >= 0.3 is 0 Å². The highest BCUT2D eigenvalue weighted by Gasteiger charge is 2.14. The smallest absolute Gasteiger partial charge is 0.214 e. The Bertz CT molecular complexity index is 903. The molecule has 1 N–H and O–H groups in total. The first kappa shape index (κ1) is 19.5. The van der Waals surface area contributed by atoms with E-state index in [2.05, 4.69) is 15.5 Å². The first-order valence-electron chi connectivity index (χ1n) is 8.52. The minimum atomic E-state index is -0.717. The Kier molecular flexibility index (Phi) is 6.54. The number of aryl methyl sites for hydroxylation is 2. The van der Waals surface area contributed by atoms with Crippen LogP contribution in [0.2, 0.25) is 0 Å². The lowest BCUT2D eigenvalue weighted by atomic mass is 10.1. The average molecular weight is 388 g/mol. The standard InChI is InChI=1S/C19H21FN4O2S/c1-13-7-8-14(2)18(9-13)24-19(21-22-23-24)27-12-16(25)11-26-10-15-5-3-4-6-17(15)20/h3-9,16,25H,10-12H2,1-2H3/t16-/m0/s1. The number of aliphatic hydroxyl groups is 1. The van der Waals surface area contributed by atoms with Crippen LogP contribution in [0.5, 0.6) is 0 Å². The molecule has 0 radical (unpaired) electrons. The second-order valence-corrected chi connectivity index (χ2v) is 7.22. The van der Waals surface area contributed by atoms with Gasteiger partial charge in [0.25, 0.3) is 0 Å². The van der Waals surface area contributed by atoms with Crippen LogP contribution in [0.25, 0.3) is 5.69 Å². The molecule has 1 heterocycles. The van der Waals surface area contributed by atoms with Crippen LogP contribution < -0.4 is 0 Å². The molecule has 1 atom stereocenters. The van der Waals surface area contributed by atoms with Crippen LogP contribution in [0, 0.1) is 19.7 Å². The number of benzene rings is 2. The Hall–Kier alpha value is -2.29. The van der Waals surface area contributed by atoms with E-state index in [-0.39, 0.29) is 19.0 Å². The van der Waals surface area contributed by atoms with Gasteiger partial charge in [0.1, 0.15) is 5.82 Å². The lowest BCUT2D eigenvalue weighted by Crippen LogP contribution is -2.18. The van der Waals surface area contributed by atoms with E-state index in [1.165, 1.54) is 17.8 Å². The van der Waals surface area contributed by atoms with Crippen molar-refractivity contribution in [1.29, 1.82) is 0 Å². The summed E-state index contributed by atoms with van der Waals surface area (Å²) < 4.78 is 20.6. The largest absolute Gasteiger partial charge is 0.390 e. The summed E-state index contributed by atoms with van der Waals surface area (Å²) in [5.74, 6) is 0.0525. The number of hydrogen-bond acceptors (Lipinski definition) is 6. The highest BCUT2D eigenvalue weighted by molar-refractivity contribution is 7.99. The zero-order chi connectivity index (χ0) is 19.2. The summed E-state index contributed by atoms with van der Waals surface area (Å²) >= 11 is 1.34. The Labute approximate surface area is 161 Å². The first-order valence-corrected chi connectivity index (χ1v) is 9.51. The molecule has 1 aromatic heterocycles. The Morgan fingerprint density at radius 1 is 1.22 bits per heavy atom. The third-order valence-electron chi connectivity index (χ3n) is 3.96. The molecule has 0 amide bonds. The van der Waals surface area contributed by atoms with Crippen LogP contribution in [0.15, 0.2) is 47.6 Å². The van der Waals surface area contributed by atoms with E-state index in [1.54, 1.807) is 22.9 Å². The highest BCUT2D eigenvalue weighted by atomic mass is 32.2. The maximum Gasteiger partial charge on any atom is 0.214 e. The van der Waals surface area contributed by atoms with Crippen LogP contribution in [0.3, 0.4) is 0 Å². The molecule has 0 unspecified atom stereocenters. The van der Waals surface area contributed by atoms with Gasteiger partial charge in [-0.15, -0.1) is 5.10 Å². The summed E-state index contributed by atoms with van der Waals surface area (Å²) in [6.07, 6.45) is -0.717. The van der Waals surface area contributed by atoms with Crippen molar-refractivity contribution < 1.29 is 14.2 Å². The van der Waals surface area contributed by atoms with Crippen molar-refractivity contribution >= 4 is 11.8 Å². The fraction of sp³-hybridized carbons (Fsp3) is 0.316. The molecule has 0 saturated heterocycles. The van der Waals surface area contributed by atoms with Crippen LogP contribution in [0.4, 0.5) is 4.39 Å². The van der Waals surface area contributed by atoms with Gasteiger partial charge in [0.05, 0.1) is 25.0 Å². The van der Waals surface area contributed by atoms with E-state index < -0.39 is 6.10 Å². The van der Waals surface area contributed by atoms with E-state index in [9.17, 15) is 9.50 Å². The van der Waals surface area contributed by atoms with Crippen molar-refractivity contribution in [1.82, 2.24) is 20.2 Å². The monoisotopic (exact) mass is 388 g/mol. The van der Waals surface area contributed by atoms with Gasteiger partial charge < -0.3 is 9.84 Å². The summed E-state index contributed by atoms with van der Waals surface area (Å²) in [6, 6.07) is 12.5. The maximum atomic E-state index is 13.5. The number of aromatic nitrogens is 4. The van der Waals surface area contributed by atoms with Gasteiger partial charge in [0.2, 0.25) is 5.16 Å². The number of hydrogen-bond donors (Lipinski definition) is 1. The highest BCUT2D eigenvalue weighted by Crippen LogP contribution is 2.22. The van der Waals surface area contributed by atoms with E-state index in [0.29, 0.717) is 16.5 Å². The summed E-state index contributed by atoms with van der Waals surface area (Å²) in [4.78, 5) is 0. The zero-order valence-electron chi connectivity index (χ0n) is 15.2. The number of nitrogens with zero attached hydrogens (tertiary/aromatic N) is 4. The van der Waals surface area contributed by atoms with Crippen molar-refractivity contribution in [2.24, 2.45) is 0 Å². The molecule has 2 aromatic carbocycles. The number of ether oxygens (including phenoxy) is 1. The van der Waals surface area contributed by atoms with Crippen molar-refractivity contribution in [3.8, 4) is 5.69 Å². The molecule has 0 saturated carbocycles. The van der Waals surface area contributed by atoms with Gasteiger partial charge in [0.15, 0.2) is 0 Å². The predicted octanol–water partition coefficient (Wildman–Crippen LogP) is 3.09. The second-order valence-electron chi connectivity index (χ2n) is 6.23. The molecule has 8 heteroatoms. The number of tetrazole rings is 1. The van der Waals surface area contributed by atoms with Crippen molar-refractivity contribution in [2.45, 2.75) is 31.7 Å². The summed E-state index contributed by atoms with van der Waals surface area (Å²) in [5, 5.41) is 22.6. The van der Waals surface area contributed by atoms with Crippen molar-refractivity contribution in [2.75, 3.05) is 12.4 Å². The van der Waals surface area contributed by atoms with Crippen molar-refractivity contribution in [3.05, 3.63) is 65.0 Å². The molecule has 3 aromatic rings. The van der Waals surface area contributed by atoms with Crippen molar-refractivity contribution in [3.63, 3.8) is 0 Å². The molecule has 3 rings (SSSR count). The average Bonchev–Trinajstić information content (AvgIpc) is 3.12. The molecule has 27 heavy (non-hydrogen) atoms. The molecule has 0 aliphatic carbocycles. The molecule has 0 aliphatic heterocycles. The number of aliphatic hydroxyl groups excluding tert-OH is 1. The van der Waals surface area contributed by atoms with Crippen LogP contribution in [-0.4, -0.2) is 43.8 Å². The van der Waals surface area contributed by atoms with Gasteiger partial charge in [-0.3, -0.25) is 0 Å². The summed E-state index contributed by atoms with van der Waals surface area (Å²) in [7, 11) is 0. The zero-order valence-corrected chi connectivity index (χ0v) is 16.0. The third kappa shape index (κ3) is 5.12. The van der Waals surface area contributed by atoms with Crippen LogP contribution in [0.1, 0.15) is 16.7 Å². The molecule has 0 fully saturated rings. The first-order chi connectivity index (χ1) is 13.0. The Balaban J connectivity index is 1.54. The third-order valence-corrected chi connectivity index (χ3v) is 5.03. The molecule has 6 nitrogen and oxygen atoms in total. The lowest BCUT2D eigenvalue weighted by Gasteiger charge is -2.12. The van der Waals surface area contributed by atoms with Crippen LogP contribution in [-0.2, 0) is 11.3 Å². The Morgan fingerprint density at radius 3 is 2.85 bits per heavy atom. The van der Waals surface area contributed by atoms with E-state index in [1.807, 2.05) is 32.0 Å². The SMILES string of the molecule is Cc1ccc(C)c(-n2nnnc2SC[C@@H](O)COCc2ccccc2F)c1. The summed E-state index contributed by atoms with van der Waals surface area (Å²) in [6.45, 7) is 4.23. The quantitative estimate of drug-likeness (QED) is 0.598. The van der Waals surface area contributed by atoms with Gasteiger partial charge in [-0.25, -0.2) is 4.39 Å². The van der Waals surface area contributed by atoms with Gasteiger partial charge in [-0.2, -0.15) is 4.68 Å². The molecule has 0 bridgehead atoms. The lowest BCUT2D eigenvalue weighted by molar-refractivity contribution is 0.0386. The fourth-order valence-electron chi connectivity index (χ4n) is 2.51. The molecule has 0 spiro atoms. The normalized spacial score (nSPS) is 12.3. The van der Waals surface area contributed by atoms with Gasteiger partial charge in [0, 0.05) is 11.3 Å². The second kappa shape index (κ2) is 9.07. The van der Waals surface area contributed by atoms with E-state index in [4.69, 9.17) is 4.74 Å². The Morgan fingerprint density at radius 2 is 2.04 bits per heavy atom. The molecular weight excluding hydrogens is 367 g/mol. The number of halogens is 1. The summed E-state index contributed by atoms with van der Waals surface area (Å²) in [5.41, 5.74) is 3.55.